The number of carboxylic acid groups (broad SMARTS) is 1. The topological polar surface area (TPSA) is 108 Å². The first-order chi connectivity index (χ1) is 12.3. The van der Waals surface area contributed by atoms with Gasteiger partial charge in [0, 0.05) is 22.8 Å². The van der Waals surface area contributed by atoms with Gasteiger partial charge in [-0.05, 0) is 49.9 Å². The molecule has 8 heteroatoms. The Hall–Kier alpha value is -2.28. The molecule has 1 aromatic carbocycles. The van der Waals surface area contributed by atoms with Crippen LogP contribution in [0.5, 0.6) is 5.75 Å². The molecule has 2 atom stereocenters. The fourth-order valence-electron chi connectivity index (χ4n) is 3.13. The van der Waals surface area contributed by atoms with Crippen molar-refractivity contribution in [3.63, 3.8) is 0 Å². The van der Waals surface area contributed by atoms with Crippen LogP contribution in [0.4, 0.5) is 0 Å². The second-order valence-corrected chi connectivity index (χ2v) is 6.89. The minimum atomic E-state index is -1.23. The summed E-state index contributed by atoms with van der Waals surface area (Å²) in [7, 11) is 0. The summed E-state index contributed by atoms with van der Waals surface area (Å²) >= 11 is 6.08. The summed E-state index contributed by atoms with van der Waals surface area (Å²) in [6, 6.07) is 3.43. The van der Waals surface area contributed by atoms with Gasteiger partial charge in [0.2, 0.25) is 5.91 Å². The quantitative estimate of drug-likeness (QED) is 0.741. The van der Waals surface area contributed by atoms with Gasteiger partial charge in [-0.3, -0.25) is 20.4 Å². The Bertz CT molecular complexity index is 684. The largest absolute Gasteiger partial charge is 0.550 e. The molecule has 0 spiro atoms. The van der Waals surface area contributed by atoms with Crippen molar-refractivity contribution >= 4 is 29.4 Å². The van der Waals surface area contributed by atoms with Gasteiger partial charge in [0.1, 0.15) is 5.75 Å². The first kappa shape index (κ1) is 20.0. The number of hydrogen-bond donors (Lipinski definition) is 2. The highest BCUT2D eigenvalue weighted by Crippen LogP contribution is 2.29. The molecule has 0 aromatic heterocycles. The Morgan fingerprint density at radius 2 is 1.69 bits per heavy atom. The van der Waals surface area contributed by atoms with Gasteiger partial charge < -0.3 is 14.6 Å². The van der Waals surface area contributed by atoms with Gasteiger partial charge in [-0.15, -0.1) is 0 Å². The number of ether oxygens (including phenoxy) is 1. The maximum absolute atomic E-state index is 12.1. The van der Waals surface area contributed by atoms with Crippen LogP contribution in [0, 0.1) is 25.7 Å². The van der Waals surface area contributed by atoms with E-state index in [0.717, 1.165) is 24.0 Å². The minimum absolute atomic E-state index is 0.296. The van der Waals surface area contributed by atoms with E-state index in [1.54, 1.807) is 12.1 Å². The van der Waals surface area contributed by atoms with E-state index in [4.69, 9.17) is 16.3 Å². The smallest absolute Gasteiger partial charge is 0.276 e. The summed E-state index contributed by atoms with van der Waals surface area (Å²) in [4.78, 5) is 35.1. The molecule has 0 radical (unpaired) electrons. The number of hydrogen-bond acceptors (Lipinski definition) is 5. The molecular weight excluding hydrogens is 360 g/mol. The van der Waals surface area contributed by atoms with Gasteiger partial charge in [0.25, 0.3) is 5.91 Å². The van der Waals surface area contributed by atoms with E-state index in [0.29, 0.717) is 23.6 Å². The lowest BCUT2D eigenvalue weighted by Crippen LogP contribution is -2.50. The van der Waals surface area contributed by atoms with Crippen molar-refractivity contribution in [2.45, 2.75) is 39.5 Å². The number of aliphatic carboxylic acids is 1. The lowest BCUT2D eigenvalue weighted by Gasteiger charge is -2.31. The molecule has 1 aromatic rings. The fraction of sp³-hybridized carbons (Fsp3) is 0.500. The molecule has 7 nitrogen and oxygen atoms in total. The summed E-state index contributed by atoms with van der Waals surface area (Å²) < 4.78 is 5.40. The van der Waals surface area contributed by atoms with E-state index in [2.05, 4.69) is 10.9 Å². The summed E-state index contributed by atoms with van der Waals surface area (Å²) in [5.41, 5.74) is 6.19. The van der Waals surface area contributed by atoms with Crippen LogP contribution in [0.3, 0.4) is 0 Å². The standard InChI is InChI=1S/C18H23ClN2O5/c1-10-7-12(8-11(2)16(10)19)26-9-15(22)20-21-17(23)13-5-3-4-6-14(13)18(24)25/h7-8,13-14H,3-6,9H2,1-2H3,(H,20,22)(H,21,23)(H,24,25)/p-1. The number of nitrogens with one attached hydrogen (secondary N) is 2. The number of benzene rings is 1. The van der Waals surface area contributed by atoms with Crippen LogP contribution in [-0.2, 0) is 14.4 Å². The summed E-state index contributed by atoms with van der Waals surface area (Å²) in [6.07, 6.45) is 2.39. The van der Waals surface area contributed by atoms with Crippen molar-refractivity contribution in [2.24, 2.45) is 11.8 Å². The molecule has 1 aliphatic carbocycles. The molecule has 0 saturated heterocycles. The molecule has 142 valence electrons. The minimum Gasteiger partial charge on any atom is -0.550 e. The van der Waals surface area contributed by atoms with Crippen LogP contribution < -0.4 is 20.7 Å². The van der Waals surface area contributed by atoms with Crippen molar-refractivity contribution in [2.75, 3.05) is 6.61 Å². The van der Waals surface area contributed by atoms with Gasteiger partial charge >= 0.3 is 0 Å². The number of amides is 2. The zero-order valence-electron chi connectivity index (χ0n) is 14.8. The van der Waals surface area contributed by atoms with Gasteiger partial charge in [0.05, 0.1) is 0 Å². The third-order valence-electron chi connectivity index (χ3n) is 4.51. The maximum Gasteiger partial charge on any atom is 0.276 e. The van der Waals surface area contributed by atoms with Crippen molar-refractivity contribution in [1.29, 1.82) is 0 Å². The third-order valence-corrected chi connectivity index (χ3v) is 5.11. The number of rotatable bonds is 5. The summed E-state index contributed by atoms with van der Waals surface area (Å²) in [5.74, 6) is -3.33. The second kappa shape index (κ2) is 8.89. The molecule has 1 saturated carbocycles. The zero-order valence-corrected chi connectivity index (χ0v) is 15.5. The fourth-order valence-corrected chi connectivity index (χ4v) is 3.23. The number of hydrazine groups is 1. The molecule has 0 bridgehead atoms. The maximum atomic E-state index is 12.1. The SMILES string of the molecule is Cc1cc(OCC(=O)NNC(=O)C2CCCCC2C(=O)[O-])cc(C)c1Cl. The Balaban J connectivity index is 1.83. The lowest BCUT2D eigenvalue weighted by molar-refractivity contribution is -0.314. The first-order valence-corrected chi connectivity index (χ1v) is 8.86. The first-order valence-electron chi connectivity index (χ1n) is 8.48. The normalized spacial score (nSPS) is 19.5. The van der Waals surface area contributed by atoms with E-state index < -0.39 is 29.6 Å². The van der Waals surface area contributed by atoms with Crippen LogP contribution >= 0.6 is 11.6 Å². The van der Waals surface area contributed by atoms with Crippen LogP contribution in [0.25, 0.3) is 0 Å². The van der Waals surface area contributed by atoms with Gasteiger partial charge in [-0.2, -0.15) is 0 Å². The van der Waals surface area contributed by atoms with Gasteiger partial charge in [0.15, 0.2) is 6.61 Å². The average Bonchev–Trinajstić information content (AvgIpc) is 2.62. The molecule has 2 unspecified atom stereocenters. The Kier molecular flexibility index (Phi) is 6.85. The zero-order chi connectivity index (χ0) is 19.3. The highest BCUT2D eigenvalue weighted by atomic mass is 35.5. The predicted molar refractivity (Wildman–Crippen MR) is 93.2 cm³/mol. The highest BCUT2D eigenvalue weighted by molar-refractivity contribution is 6.32. The van der Waals surface area contributed by atoms with Crippen molar-refractivity contribution in [1.82, 2.24) is 10.9 Å². The molecule has 2 N–H and O–H groups in total. The predicted octanol–water partition coefficient (Wildman–Crippen LogP) is 1.04. The Morgan fingerprint density at radius 1 is 1.12 bits per heavy atom. The lowest BCUT2D eigenvalue weighted by atomic mass is 9.79. The van der Waals surface area contributed by atoms with Crippen molar-refractivity contribution in [3.05, 3.63) is 28.3 Å². The average molecular weight is 382 g/mol. The van der Waals surface area contributed by atoms with E-state index in [-0.39, 0.29) is 6.61 Å². The molecule has 0 heterocycles. The number of carbonyl (C=O) groups is 3. The van der Waals surface area contributed by atoms with Gasteiger partial charge in [-0.1, -0.05) is 24.4 Å². The van der Waals surface area contributed by atoms with Crippen LogP contribution in [0.2, 0.25) is 5.02 Å². The molecule has 1 fully saturated rings. The van der Waals surface area contributed by atoms with E-state index >= 15 is 0 Å². The summed E-state index contributed by atoms with van der Waals surface area (Å²) in [6.45, 7) is 3.37. The third kappa shape index (κ3) is 5.11. The molecule has 2 rings (SSSR count). The Morgan fingerprint density at radius 3 is 2.27 bits per heavy atom. The van der Waals surface area contributed by atoms with Crippen molar-refractivity contribution < 1.29 is 24.2 Å². The monoisotopic (exact) mass is 381 g/mol. The molecule has 2 amide bonds. The second-order valence-electron chi connectivity index (χ2n) is 6.51. The van der Waals surface area contributed by atoms with Crippen molar-refractivity contribution in [3.8, 4) is 5.75 Å². The summed E-state index contributed by atoms with van der Waals surface area (Å²) in [5, 5.41) is 11.8. The van der Waals surface area contributed by atoms with E-state index in [1.165, 1.54) is 0 Å². The number of carbonyl (C=O) groups excluding carboxylic acids is 3. The molecular formula is C18H22ClN2O5-. The van der Waals surface area contributed by atoms with Crippen LogP contribution in [0.15, 0.2) is 12.1 Å². The van der Waals surface area contributed by atoms with E-state index in [9.17, 15) is 19.5 Å². The van der Waals surface area contributed by atoms with Crippen LogP contribution in [0.1, 0.15) is 36.8 Å². The number of carboxylic acids is 1. The Labute approximate surface area is 157 Å². The molecule has 1 aliphatic rings. The molecule has 26 heavy (non-hydrogen) atoms. The molecule has 0 aliphatic heterocycles. The number of aryl methyl sites for hydroxylation is 2. The van der Waals surface area contributed by atoms with Gasteiger partial charge in [-0.25, -0.2) is 0 Å². The number of halogens is 1. The highest BCUT2D eigenvalue weighted by Gasteiger charge is 2.31. The van der Waals surface area contributed by atoms with Crippen LogP contribution in [-0.4, -0.2) is 24.4 Å². The van der Waals surface area contributed by atoms with E-state index in [1.807, 2.05) is 13.8 Å².